The smallest absolute Gasteiger partial charge is 0.224 e. The van der Waals surface area contributed by atoms with Crippen LogP contribution < -0.4 is 5.32 Å². The third kappa shape index (κ3) is 5.82. The van der Waals surface area contributed by atoms with E-state index in [0.29, 0.717) is 12.3 Å². The molecule has 0 aromatic rings. The molecule has 0 bridgehead atoms. The zero-order valence-corrected chi connectivity index (χ0v) is 7.81. The molecule has 0 atom stereocenters. The number of hydrogen-bond donors (Lipinski definition) is 1. The molecule has 58 valence electrons. The van der Waals surface area contributed by atoms with Crippen LogP contribution in [-0.2, 0) is 4.79 Å². The number of carbonyl (C=O) groups is 1. The molecule has 0 fully saturated rings. The minimum absolute atomic E-state index is 0.0608. The first-order valence-corrected chi connectivity index (χ1v) is 4.13. The highest BCUT2D eigenvalue weighted by Gasteiger charge is 2.00. The van der Waals surface area contributed by atoms with E-state index in [1.54, 1.807) is 11.2 Å². The number of halogens is 1. The molecule has 3 heteroatoms. The van der Waals surface area contributed by atoms with Crippen molar-refractivity contribution in [2.24, 2.45) is 5.92 Å². The van der Waals surface area contributed by atoms with E-state index in [4.69, 9.17) is 0 Å². The highest BCUT2D eigenvalue weighted by Crippen LogP contribution is 1.97. The quantitative estimate of drug-likeness (QED) is 0.751. The zero-order valence-electron chi connectivity index (χ0n) is 6.23. The molecule has 2 nitrogen and oxygen atoms in total. The van der Waals surface area contributed by atoms with Crippen molar-refractivity contribution < 1.29 is 4.79 Å². The van der Waals surface area contributed by atoms with Gasteiger partial charge < -0.3 is 5.32 Å². The fourth-order valence-corrected chi connectivity index (χ4v) is 0.686. The van der Waals surface area contributed by atoms with Crippen molar-refractivity contribution >= 4 is 21.8 Å². The monoisotopic (exact) mass is 205 g/mol. The van der Waals surface area contributed by atoms with Crippen LogP contribution in [0.2, 0.25) is 0 Å². The first kappa shape index (κ1) is 9.69. The molecule has 0 saturated carbocycles. The van der Waals surface area contributed by atoms with E-state index in [0.717, 1.165) is 0 Å². The van der Waals surface area contributed by atoms with Crippen LogP contribution in [0.3, 0.4) is 0 Å². The van der Waals surface area contributed by atoms with E-state index in [1.165, 1.54) is 0 Å². The summed E-state index contributed by atoms with van der Waals surface area (Å²) in [6, 6.07) is 0. The summed E-state index contributed by atoms with van der Waals surface area (Å²) < 4.78 is 0. The normalized spacial score (nSPS) is 10.8. The largest absolute Gasteiger partial charge is 0.332 e. The molecule has 0 heterocycles. The summed E-state index contributed by atoms with van der Waals surface area (Å²) >= 11 is 3.05. The molecule has 0 aromatic heterocycles. The van der Waals surface area contributed by atoms with E-state index in [-0.39, 0.29) is 5.91 Å². The fourth-order valence-electron chi connectivity index (χ4n) is 0.554. The van der Waals surface area contributed by atoms with Crippen LogP contribution in [-0.4, -0.2) is 5.91 Å². The van der Waals surface area contributed by atoms with Crippen molar-refractivity contribution in [3.05, 3.63) is 11.2 Å². The Labute approximate surface area is 69.8 Å². The van der Waals surface area contributed by atoms with Crippen LogP contribution in [0.1, 0.15) is 20.3 Å². The maximum atomic E-state index is 10.8. The molecule has 0 radical (unpaired) electrons. The summed E-state index contributed by atoms with van der Waals surface area (Å²) in [5.41, 5.74) is 0. The van der Waals surface area contributed by atoms with Gasteiger partial charge in [-0.05, 0) is 10.9 Å². The van der Waals surface area contributed by atoms with Crippen molar-refractivity contribution in [2.45, 2.75) is 20.3 Å². The summed E-state index contributed by atoms with van der Waals surface area (Å²) in [5, 5.41) is 2.60. The Morgan fingerprint density at radius 3 is 2.70 bits per heavy atom. The Hall–Kier alpha value is -0.310. The zero-order chi connectivity index (χ0) is 7.98. The minimum Gasteiger partial charge on any atom is -0.332 e. The average molecular weight is 206 g/mol. The van der Waals surface area contributed by atoms with Crippen LogP contribution in [0.15, 0.2) is 11.2 Å². The molecule has 0 unspecified atom stereocenters. The molecule has 10 heavy (non-hydrogen) atoms. The van der Waals surface area contributed by atoms with Gasteiger partial charge in [0.2, 0.25) is 5.91 Å². The molecule has 0 aliphatic carbocycles. The number of rotatable bonds is 3. The maximum absolute atomic E-state index is 10.8. The van der Waals surface area contributed by atoms with E-state index in [9.17, 15) is 4.79 Å². The second-order valence-corrected chi connectivity index (χ2v) is 2.99. The van der Waals surface area contributed by atoms with Crippen molar-refractivity contribution in [1.29, 1.82) is 0 Å². The lowest BCUT2D eigenvalue weighted by Gasteiger charge is -2.01. The van der Waals surface area contributed by atoms with E-state index < -0.39 is 0 Å². The first-order valence-electron chi connectivity index (χ1n) is 3.21. The summed E-state index contributed by atoms with van der Waals surface area (Å²) in [5.74, 6) is 0.481. The Morgan fingerprint density at radius 1 is 1.70 bits per heavy atom. The maximum Gasteiger partial charge on any atom is 0.224 e. The average Bonchev–Trinajstić information content (AvgIpc) is 1.82. The summed E-state index contributed by atoms with van der Waals surface area (Å²) in [6.07, 6.45) is 2.15. The molecular weight excluding hydrogens is 194 g/mol. The highest BCUT2D eigenvalue weighted by molar-refractivity contribution is 9.11. The third-order valence-electron chi connectivity index (χ3n) is 0.901. The Bertz CT molecular complexity index is 132. The van der Waals surface area contributed by atoms with Gasteiger partial charge in [0.1, 0.15) is 0 Å². The van der Waals surface area contributed by atoms with Crippen LogP contribution in [0.5, 0.6) is 0 Å². The van der Waals surface area contributed by atoms with Gasteiger partial charge in [-0.15, -0.1) is 0 Å². The highest BCUT2D eigenvalue weighted by atomic mass is 79.9. The Morgan fingerprint density at radius 2 is 2.30 bits per heavy atom. The Balaban J connectivity index is 3.44. The van der Waals surface area contributed by atoms with Gasteiger partial charge in [0.05, 0.1) is 0 Å². The molecule has 0 spiro atoms. The third-order valence-corrected chi connectivity index (χ3v) is 1.17. The number of hydrogen-bond acceptors (Lipinski definition) is 1. The van der Waals surface area contributed by atoms with Gasteiger partial charge in [-0.1, -0.05) is 29.8 Å². The predicted octanol–water partition coefficient (Wildman–Crippen LogP) is 2.01. The van der Waals surface area contributed by atoms with Crippen molar-refractivity contribution in [2.75, 3.05) is 0 Å². The lowest BCUT2D eigenvalue weighted by molar-refractivity contribution is -0.120. The van der Waals surface area contributed by atoms with Crippen LogP contribution >= 0.6 is 15.9 Å². The number of amides is 1. The first-order chi connectivity index (χ1) is 4.66. The van der Waals surface area contributed by atoms with Gasteiger partial charge in [0, 0.05) is 12.6 Å². The lowest BCUT2D eigenvalue weighted by Crippen LogP contribution is -2.18. The van der Waals surface area contributed by atoms with Crippen LogP contribution in [0.25, 0.3) is 0 Å². The van der Waals surface area contributed by atoms with Gasteiger partial charge in [-0.25, -0.2) is 0 Å². The van der Waals surface area contributed by atoms with Crippen molar-refractivity contribution in [1.82, 2.24) is 5.32 Å². The van der Waals surface area contributed by atoms with Crippen molar-refractivity contribution in [3.8, 4) is 0 Å². The van der Waals surface area contributed by atoms with Gasteiger partial charge in [0.25, 0.3) is 0 Å². The van der Waals surface area contributed by atoms with Gasteiger partial charge in [-0.2, -0.15) is 0 Å². The molecule has 1 N–H and O–H groups in total. The van der Waals surface area contributed by atoms with Gasteiger partial charge in [0.15, 0.2) is 0 Å². The number of carbonyl (C=O) groups excluding carboxylic acids is 1. The molecule has 0 aromatic carbocycles. The van der Waals surface area contributed by atoms with E-state index in [1.807, 2.05) is 13.8 Å². The molecule has 0 rings (SSSR count). The van der Waals surface area contributed by atoms with Crippen LogP contribution in [0.4, 0.5) is 0 Å². The topological polar surface area (TPSA) is 29.1 Å². The van der Waals surface area contributed by atoms with Gasteiger partial charge >= 0.3 is 0 Å². The predicted molar refractivity (Wildman–Crippen MR) is 45.7 cm³/mol. The molecule has 1 amide bonds. The standard InChI is InChI=1S/C7H12BrNO/c1-6(2)5-7(10)9-4-3-8/h3-4,6H,5H2,1-2H3,(H,9,10)/b4-3-. The second kappa shape index (κ2) is 5.47. The van der Waals surface area contributed by atoms with Crippen molar-refractivity contribution in [3.63, 3.8) is 0 Å². The second-order valence-electron chi connectivity index (χ2n) is 2.46. The fraction of sp³-hybridized carbons (Fsp3) is 0.571. The summed E-state index contributed by atoms with van der Waals surface area (Å²) in [6.45, 7) is 4.02. The van der Waals surface area contributed by atoms with E-state index in [2.05, 4.69) is 21.2 Å². The Kier molecular flexibility index (Phi) is 5.30. The van der Waals surface area contributed by atoms with Crippen LogP contribution in [0, 0.1) is 5.92 Å². The molecule has 0 aliphatic heterocycles. The van der Waals surface area contributed by atoms with Gasteiger partial charge in [-0.3, -0.25) is 4.79 Å². The number of nitrogens with one attached hydrogen (secondary N) is 1. The molecule has 0 saturated heterocycles. The summed E-state index contributed by atoms with van der Waals surface area (Å²) in [7, 11) is 0. The summed E-state index contributed by atoms with van der Waals surface area (Å²) in [4.78, 5) is 12.4. The minimum atomic E-state index is 0.0608. The molecular formula is C7H12BrNO. The lowest BCUT2D eigenvalue weighted by atomic mass is 10.1. The SMILES string of the molecule is CC(C)CC(=O)N/C=C\Br. The van der Waals surface area contributed by atoms with E-state index >= 15 is 0 Å². The molecule has 0 aliphatic rings.